The number of benzene rings is 3. The van der Waals surface area contributed by atoms with Crippen LogP contribution in [0.3, 0.4) is 0 Å². The van der Waals surface area contributed by atoms with Crippen LogP contribution in [-0.4, -0.2) is 8.42 Å². The molecule has 0 saturated heterocycles. The Morgan fingerprint density at radius 1 is 1.04 bits per heavy atom. The first-order valence-electron chi connectivity index (χ1n) is 7.02. The van der Waals surface area contributed by atoms with Gasteiger partial charge in [-0.05, 0) is 36.4 Å². The Morgan fingerprint density at radius 2 is 1.67 bits per heavy atom. The first kappa shape index (κ1) is 15.8. The van der Waals surface area contributed by atoms with Gasteiger partial charge >= 0.3 is 15.8 Å². The van der Waals surface area contributed by atoms with Gasteiger partial charge in [0.2, 0.25) is 5.39 Å². The van der Waals surface area contributed by atoms with E-state index in [4.69, 9.17) is 9.58 Å². The van der Waals surface area contributed by atoms with Gasteiger partial charge in [0.25, 0.3) is 0 Å². The fraction of sp³-hybridized carbons (Fsp3) is 0.0588. The minimum absolute atomic E-state index is 0.185. The molecule has 0 radical (unpaired) electrons. The van der Waals surface area contributed by atoms with Crippen LogP contribution in [-0.2, 0) is 10.1 Å². The molecule has 0 N–H and O–H groups in total. The molecule has 6 nitrogen and oxygen atoms in total. The van der Waals surface area contributed by atoms with Gasteiger partial charge < -0.3 is 9.29 Å². The van der Waals surface area contributed by atoms with Gasteiger partial charge in [-0.1, -0.05) is 36.4 Å². The van der Waals surface area contributed by atoms with Crippen LogP contribution in [0, 0.1) is 12.3 Å². The summed E-state index contributed by atoms with van der Waals surface area (Å²) in [5.74, 6) is -0.520. The largest absolute Gasteiger partial charge is 0.867 e. The van der Waals surface area contributed by atoms with E-state index in [2.05, 4.69) is 4.98 Å². The zero-order chi connectivity index (χ0) is 17.3. The second-order valence-electron chi connectivity index (χ2n) is 5.17. The topological polar surface area (TPSA) is 94.6 Å². The summed E-state index contributed by atoms with van der Waals surface area (Å²) in [4.78, 5) is 2.71. The number of hydrogen-bond donors (Lipinski definition) is 0. The van der Waals surface area contributed by atoms with Crippen LogP contribution in [0.5, 0.6) is 11.5 Å². The molecule has 0 spiro atoms. The van der Waals surface area contributed by atoms with Crippen molar-refractivity contribution >= 4 is 26.6 Å². The monoisotopic (exact) mass is 340 g/mol. The van der Waals surface area contributed by atoms with Gasteiger partial charge in [-0.15, -0.1) is 0 Å². The quantitative estimate of drug-likeness (QED) is 0.537. The summed E-state index contributed by atoms with van der Waals surface area (Å²) in [6.45, 7) is 1.72. The van der Waals surface area contributed by atoms with E-state index in [1.807, 2.05) is 0 Å². The third-order valence-electron chi connectivity index (χ3n) is 3.61. The standard InChI is InChI=1S/C17H12N2O4S/c1-11-6-2-5-9-15(11)23-24(21,22)16-10-14(20)17(19-18)13-8-4-3-7-12(13)16/h2-10H,1H3. The van der Waals surface area contributed by atoms with E-state index >= 15 is 0 Å². The Labute approximate surface area is 138 Å². The molecule has 24 heavy (non-hydrogen) atoms. The molecule has 0 fully saturated rings. The van der Waals surface area contributed by atoms with Crippen LogP contribution in [0.15, 0.2) is 59.5 Å². The van der Waals surface area contributed by atoms with Crippen molar-refractivity contribution in [2.75, 3.05) is 0 Å². The summed E-state index contributed by atoms with van der Waals surface area (Å²) >= 11 is 0. The van der Waals surface area contributed by atoms with E-state index in [1.54, 1.807) is 37.3 Å². The second kappa shape index (κ2) is 5.83. The summed E-state index contributed by atoms with van der Waals surface area (Å²) < 4.78 is 30.5. The molecule has 3 rings (SSSR count). The van der Waals surface area contributed by atoms with Gasteiger partial charge in [0.05, 0.1) is 5.39 Å². The van der Waals surface area contributed by atoms with Crippen molar-refractivity contribution in [1.82, 2.24) is 0 Å². The lowest BCUT2D eigenvalue weighted by molar-refractivity contribution is -0.267. The Bertz CT molecular complexity index is 1090. The third kappa shape index (κ3) is 2.64. The number of hydrogen-bond acceptors (Lipinski definition) is 5. The number of aryl methyl sites for hydroxylation is 1. The minimum Gasteiger partial charge on any atom is -0.867 e. The second-order valence-corrected chi connectivity index (χ2v) is 6.68. The van der Waals surface area contributed by atoms with E-state index < -0.39 is 15.9 Å². The van der Waals surface area contributed by atoms with Crippen LogP contribution < -0.4 is 9.29 Å². The van der Waals surface area contributed by atoms with E-state index in [0.29, 0.717) is 5.56 Å². The molecule has 0 amide bonds. The number of diazo groups is 1. The maximum atomic E-state index is 12.7. The number of rotatable bonds is 3. The number of fused-ring (bicyclic) bond motifs is 1. The SMILES string of the molecule is Cc1ccccc1OS(=O)(=O)c1cc([O-])c([N+]#N)c2ccccc12. The summed E-state index contributed by atoms with van der Waals surface area (Å²) in [5.41, 5.74) is 0.440. The van der Waals surface area contributed by atoms with Crippen molar-refractivity contribution in [1.29, 1.82) is 5.39 Å². The highest BCUT2D eigenvalue weighted by atomic mass is 32.2. The van der Waals surface area contributed by atoms with Crippen molar-refractivity contribution in [3.05, 3.63) is 65.1 Å². The van der Waals surface area contributed by atoms with Crippen LogP contribution in [0.4, 0.5) is 5.69 Å². The molecular formula is C17H12N2O4S. The average Bonchev–Trinajstić information content (AvgIpc) is 2.56. The highest BCUT2D eigenvalue weighted by Crippen LogP contribution is 2.38. The molecule has 0 aromatic heterocycles. The molecule has 0 aliphatic carbocycles. The lowest BCUT2D eigenvalue weighted by Crippen LogP contribution is -2.11. The smallest absolute Gasteiger partial charge is 0.385 e. The molecular weight excluding hydrogens is 328 g/mol. The Balaban J connectivity index is 2.23. The molecule has 0 saturated carbocycles. The summed E-state index contributed by atoms with van der Waals surface area (Å²) in [5, 5.41) is 21.6. The highest BCUT2D eigenvalue weighted by Gasteiger charge is 2.25. The molecule has 3 aromatic carbocycles. The molecule has 3 aromatic rings. The van der Waals surface area contributed by atoms with Gasteiger partial charge in [0.1, 0.15) is 10.6 Å². The predicted molar refractivity (Wildman–Crippen MR) is 87.1 cm³/mol. The molecule has 0 aliphatic rings. The van der Waals surface area contributed by atoms with Gasteiger partial charge in [-0.25, -0.2) is 0 Å². The Kier molecular flexibility index (Phi) is 3.83. The summed E-state index contributed by atoms with van der Waals surface area (Å²) in [6.07, 6.45) is 0. The maximum Gasteiger partial charge on any atom is 0.385 e. The summed E-state index contributed by atoms with van der Waals surface area (Å²) in [6, 6.07) is 13.9. The maximum absolute atomic E-state index is 12.7. The first-order valence-corrected chi connectivity index (χ1v) is 8.43. The van der Waals surface area contributed by atoms with Crippen LogP contribution in [0.25, 0.3) is 15.7 Å². The fourth-order valence-corrected chi connectivity index (χ4v) is 3.64. The van der Waals surface area contributed by atoms with Crippen molar-refractivity contribution in [3.63, 3.8) is 0 Å². The number of para-hydroxylation sites is 1. The van der Waals surface area contributed by atoms with Crippen LogP contribution in [0.1, 0.15) is 5.56 Å². The van der Waals surface area contributed by atoms with Gasteiger partial charge in [-0.3, -0.25) is 0 Å². The molecule has 7 heteroatoms. The van der Waals surface area contributed by atoms with Crippen molar-refractivity contribution < 1.29 is 17.7 Å². The van der Waals surface area contributed by atoms with Gasteiger partial charge in [0.15, 0.2) is 4.98 Å². The predicted octanol–water partition coefficient (Wildman–Crippen LogP) is 3.47. The Hall–Kier alpha value is -3.11. The lowest BCUT2D eigenvalue weighted by Gasteiger charge is -2.13. The van der Waals surface area contributed by atoms with Crippen molar-refractivity contribution in [2.24, 2.45) is 0 Å². The van der Waals surface area contributed by atoms with Crippen LogP contribution in [0.2, 0.25) is 0 Å². The van der Waals surface area contributed by atoms with Gasteiger partial charge in [-0.2, -0.15) is 8.42 Å². The van der Waals surface area contributed by atoms with Crippen molar-refractivity contribution in [3.8, 4) is 11.5 Å². The molecule has 120 valence electrons. The Morgan fingerprint density at radius 3 is 2.33 bits per heavy atom. The molecule has 0 unspecified atom stereocenters. The van der Waals surface area contributed by atoms with E-state index in [1.165, 1.54) is 18.2 Å². The summed E-state index contributed by atoms with van der Waals surface area (Å²) in [7, 11) is -4.23. The van der Waals surface area contributed by atoms with Crippen molar-refractivity contribution in [2.45, 2.75) is 11.8 Å². The van der Waals surface area contributed by atoms with Gasteiger partial charge in [0, 0.05) is 5.39 Å². The van der Waals surface area contributed by atoms with Crippen LogP contribution >= 0.6 is 0 Å². The zero-order valence-corrected chi connectivity index (χ0v) is 13.4. The first-order chi connectivity index (χ1) is 11.4. The third-order valence-corrected chi connectivity index (χ3v) is 4.88. The van der Waals surface area contributed by atoms with E-state index in [0.717, 1.165) is 6.07 Å². The number of nitrogens with zero attached hydrogens (tertiary/aromatic N) is 2. The fourth-order valence-electron chi connectivity index (χ4n) is 2.43. The average molecular weight is 340 g/mol. The molecule has 0 aliphatic heterocycles. The van der Waals surface area contributed by atoms with E-state index in [9.17, 15) is 13.5 Å². The minimum atomic E-state index is -4.23. The highest BCUT2D eigenvalue weighted by molar-refractivity contribution is 7.87. The molecule has 0 heterocycles. The van der Waals surface area contributed by atoms with E-state index in [-0.39, 0.29) is 27.1 Å². The zero-order valence-electron chi connectivity index (χ0n) is 12.6. The normalized spacial score (nSPS) is 11.2. The molecule has 0 atom stereocenters. The lowest BCUT2D eigenvalue weighted by atomic mass is 10.1. The molecule has 0 bridgehead atoms.